The smallest absolute Gasteiger partial charge is 0.335 e. The van der Waals surface area contributed by atoms with Gasteiger partial charge < -0.3 is 10.8 Å². The first kappa shape index (κ1) is 11.3. The van der Waals surface area contributed by atoms with Crippen LogP contribution in [0.5, 0.6) is 0 Å². The number of fused-ring (bicyclic) bond motifs is 1. The Balaban J connectivity index is 2.11. The highest BCUT2D eigenvalue weighted by Gasteiger charge is 2.08. The van der Waals surface area contributed by atoms with E-state index < -0.39 is 5.97 Å². The Morgan fingerprint density at radius 3 is 2.63 bits per heavy atom. The number of rotatable bonds is 2. The van der Waals surface area contributed by atoms with E-state index in [1.807, 2.05) is 16.7 Å². The molecule has 94 valence electrons. The Morgan fingerprint density at radius 2 is 1.95 bits per heavy atom. The molecule has 0 radical (unpaired) electrons. The van der Waals surface area contributed by atoms with Gasteiger partial charge in [0, 0.05) is 17.4 Å². The molecule has 3 aromatic rings. The number of nitrogens with two attached hydrogens (primary N) is 1. The largest absolute Gasteiger partial charge is 0.478 e. The van der Waals surface area contributed by atoms with Crippen molar-refractivity contribution in [3.63, 3.8) is 0 Å². The summed E-state index contributed by atoms with van der Waals surface area (Å²) in [4.78, 5) is 15.2. The molecular weight excluding hydrogens is 242 g/mol. The van der Waals surface area contributed by atoms with Crippen LogP contribution in [0.1, 0.15) is 10.4 Å². The highest BCUT2D eigenvalue weighted by molar-refractivity contribution is 5.88. The summed E-state index contributed by atoms with van der Waals surface area (Å²) in [5.74, 6) is -0.181. The van der Waals surface area contributed by atoms with Gasteiger partial charge in [0.05, 0.1) is 17.3 Å². The maximum Gasteiger partial charge on any atom is 0.335 e. The summed E-state index contributed by atoms with van der Waals surface area (Å²) in [6.45, 7) is 0. The normalized spacial score (nSPS) is 10.7. The summed E-state index contributed by atoms with van der Waals surface area (Å²) in [7, 11) is 0. The van der Waals surface area contributed by atoms with Crippen LogP contribution in [0, 0.1) is 0 Å². The predicted octanol–water partition coefficient (Wildman–Crippen LogP) is 2.28. The molecule has 0 bridgehead atoms. The fraction of sp³-hybridized carbons (Fsp3) is 0. The molecule has 0 unspecified atom stereocenters. The second-order valence-corrected chi connectivity index (χ2v) is 4.22. The summed E-state index contributed by atoms with van der Waals surface area (Å²) in [6.07, 6.45) is 3.58. The van der Waals surface area contributed by atoms with E-state index in [4.69, 9.17) is 10.8 Å². The highest BCUT2D eigenvalue weighted by atomic mass is 16.4. The van der Waals surface area contributed by atoms with Crippen molar-refractivity contribution >= 4 is 17.2 Å². The zero-order valence-corrected chi connectivity index (χ0v) is 9.95. The van der Waals surface area contributed by atoms with Crippen LogP contribution in [0.2, 0.25) is 0 Å². The third kappa shape index (κ3) is 1.91. The lowest BCUT2D eigenvalue weighted by Gasteiger charge is -2.02. The molecule has 5 nitrogen and oxygen atoms in total. The van der Waals surface area contributed by atoms with Crippen LogP contribution >= 0.6 is 0 Å². The van der Waals surface area contributed by atoms with E-state index in [1.54, 1.807) is 36.5 Å². The first-order valence-electron chi connectivity index (χ1n) is 5.71. The SMILES string of the molecule is Nc1ccn2c(-c3ccc(C(=O)O)cc3)ncc2c1. The number of carbonyl (C=O) groups is 1. The van der Waals surface area contributed by atoms with E-state index in [2.05, 4.69) is 4.98 Å². The molecule has 5 heteroatoms. The Bertz CT molecular complexity index is 760. The molecule has 0 saturated heterocycles. The van der Waals surface area contributed by atoms with E-state index in [0.29, 0.717) is 5.69 Å². The first-order chi connectivity index (χ1) is 9.15. The second-order valence-electron chi connectivity index (χ2n) is 4.22. The van der Waals surface area contributed by atoms with Crippen LogP contribution in [0.15, 0.2) is 48.8 Å². The Kier molecular flexibility index (Phi) is 2.45. The summed E-state index contributed by atoms with van der Waals surface area (Å²) in [5, 5.41) is 8.87. The molecule has 0 aliphatic heterocycles. The molecule has 0 aliphatic rings. The first-order valence-corrected chi connectivity index (χ1v) is 5.71. The molecule has 0 spiro atoms. The third-order valence-corrected chi connectivity index (χ3v) is 2.95. The lowest BCUT2D eigenvalue weighted by Crippen LogP contribution is -1.96. The van der Waals surface area contributed by atoms with Crippen LogP contribution in [0.3, 0.4) is 0 Å². The van der Waals surface area contributed by atoms with Gasteiger partial charge in [-0.05, 0) is 24.3 Å². The third-order valence-electron chi connectivity index (χ3n) is 2.95. The Labute approximate surface area is 108 Å². The topological polar surface area (TPSA) is 80.6 Å². The standard InChI is InChI=1S/C14H11N3O2/c15-11-5-6-17-12(7-11)8-16-13(17)9-1-3-10(4-2-9)14(18)19/h1-8H,15H2,(H,18,19). The van der Waals surface area contributed by atoms with Crippen molar-refractivity contribution in [2.75, 3.05) is 5.73 Å². The number of imidazole rings is 1. The van der Waals surface area contributed by atoms with Crippen molar-refractivity contribution in [2.24, 2.45) is 0 Å². The number of aromatic nitrogens is 2. The molecule has 2 aromatic heterocycles. The average Bonchev–Trinajstić information content (AvgIpc) is 2.81. The monoisotopic (exact) mass is 253 g/mol. The summed E-state index contributed by atoms with van der Waals surface area (Å²) in [5.41, 5.74) is 8.41. The summed E-state index contributed by atoms with van der Waals surface area (Å²) < 4.78 is 1.91. The van der Waals surface area contributed by atoms with E-state index >= 15 is 0 Å². The quantitative estimate of drug-likeness (QED) is 0.734. The Morgan fingerprint density at radius 1 is 1.21 bits per heavy atom. The molecule has 0 saturated carbocycles. The summed E-state index contributed by atoms with van der Waals surface area (Å²) >= 11 is 0. The molecule has 3 N–H and O–H groups in total. The Hall–Kier alpha value is -2.82. The van der Waals surface area contributed by atoms with Gasteiger partial charge in [0.1, 0.15) is 5.82 Å². The number of anilines is 1. The van der Waals surface area contributed by atoms with Gasteiger partial charge in [-0.2, -0.15) is 0 Å². The maximum absolute atomic E-state index is 10.8. The molecule has 1 aromatic carbocycles. The second kappa shape index (κ2) is 4.13. The number of nitrogens with zero attached hydrogens (tertiary/aromatic N) is 2. The van der Waals surface area contributed by atoms with Crippen LogP contribution in [-0.2, 0) is 0 Å². The molecule has 3 rings (SSSR count). The lowest BCUT2D eigenvalue weighted by molar-refractivity contribution is 0.0697. The predicted molar refractivity (Wildman–Crippen MR) is 72.0 cm³/mol. The van der Waals surface area contributed by atoms with Crippen LogP contribution < -0.4 is 5.73 Å². The number of carboxylic acid groups (broad SMARTS) is 1. The zero-order valence-electron chi connectivity index (χ0n) is 9.95. The van der Waals surface area contributed by atoms with Gasteiger partial charge in [0.15, 0.2) is 0 Å². The molecule has 0 aliphatic carbocycles. The van der Waals surface area contributed by atoms with Gasteiger partial charge in [0.2, 0.25) is 0 Å². The lowest BCUT2D eigenvalue weighted by atomic mass is 10.1. The number of hydrogen-bond acceptors (Lipinski definition) is 3. The van der Waals surface area contributed by atoms with Crippen molar-refractivity contribution in [3.05, 3.63) is 54.4 Å². The summed E-state index contributed by atoms with van der Waals surface area (Å²) in [6, 6.07) is 10.3. The number of carboxylic acids is 1. The number of hydrogen-bond donors (Lipinski definition) is 2. The molecule has 0 atom stereocenters. The van der Waals surface area contributed by atoms with Gasteiger partial charge >= 0.3 is 5.97 Å². The highest BCUT2D eigenvalue weighted by Crippen LogP contribution is 2.21. The minimum atomic E-state index is -0.938. The molecule has 2 heterocycles. The van der Waals surface area contributed by atoms with Crippen LogP contribution in [0.25, 0.3) is 16.9 Å². The van der Waals surface area contributed by atoms with Gasteiger partial charge in [-0.1, -0.05) is 12.1 Å². The molecule has 0 amide bonds. The number of nitrogen functional groups attached to an aromatic ring is 1. The van der Waals surface area contributed by atoms with Crippen molar-refractivity contribution in [1.29, 1.82) is 0 Å². The van der Waals surface area contributed by atoms with Crippen molar-refractivity contribution < 1.29 is 9.90 Å². The minimum Gasteiger partial charge on any atom is -0.478 e. The van der Waals surface area contributed by atoms with Gasteiger partial charge in [-0.25, -0.2) is 9.78 Å². The number of benzene rings is 1. The van der Waals surface area contributed by atoms with Crippen molar-refractivity contribution in [3.8, 4) is 11.4 Å². The van der Waals surface area contributed by atoms with Crippen LogP contribution in [-0.4, -0.2) is 20.5 Å². The van der Waals surface area contributed by atoms with Crippen molar-refractivity contribution in [1.82, 2.24) is 9.38 Å². The molecule has 19 heavy (non-hydrogen) atoms. The fourth-order valence-corrected chi connectivity index (χ4v) is 1.99. The average molecular weight is 253 g/mol. The minimum absolute atomic E-state index is 0.258. The fourth-order valence-electron chi connectivity index (χ4n) is 1.99. The number of aromatic carboxylic acids is 1. The van der Waals surface area contributed by atoms with Gasteiger partial charge in [-0.3, -0.25) is 4.40 Å². The van der Waals surface area contributed by atoms with E-state index in [9.17, 15) is 4.79 Å². The zero-order chi connectivity index (χ0) is 13.4. The van der Waals surface area contributed by atoms with E-state index in [1.165, 1.54) is 0 Å². The molecule has 0 fully saturated rings. The number of pyridine rings is 1. The van der Waals surface area contributed by atoms with Gasteiger partial charge in [0.25, 0.3) is 0 Å². The van der Waals surface area contributed by atoms with E-state index in [0.717, 1.165) is 16.9 Å². The molecular formula is C14H11N3O2. The van der Waals surface area contributed by atoms with Gasteiger partial charge in [-0.15, -0.1) is 0 Å². The maximum atomic E-state index is 10.8. The van der Waals surface area contributed by atoms with E-state index in [-0.39, 0.29) is 5.56 Å². The van der Waals surface area contributed by atoms with Crippen molar-refractivity contribution in [2.45, 2.75) is 0 Å². The van der Waals surface area contributed by atoms with Crippen LogP contribution in [0.4, 0.5) is 5.69 Å².